The van der Waals surface area contributed by atoms with Gasteiger partial charge in [0.1, 0.15) is 11.5 Å². The first-order chi connectivity index (χ1) is 15.3. The highest BCUT2D eigenvalue weighted by atomic mass is 16.3. The highest BCUT2D eigenvalue weighted by molar-refractivity contribution is 5.95. The van der Waals surface area contributed by atoms with E-state index in [0.29, 0.717) is 0 Å². The van der Waals surface area contributed by atoms with Gasteiger partial charge in [-0.2, -0.15) is 0 Å². The summed E-state index contributed by atoms with van der Waals surface area (Å²) in [6.45, 7) is 10.6. The second kappa shape index (κ2) is 7.39. The van der Waals surface area contributed by atoms with Gasteiger partial charge in [0.25, 0.3) is 0 Å². The van der Waals surface area contributed by atoms with Gasteiger partial charge in [0.05, 0.1) is 12.1 Å². The molecule has 162 valence electrons. The molecule has 5 rings (SSSR count). The minimum Gasteiger partial charge on any atom is -0.508 e. The molecular weight excluding hydrogens is 394 g/mol. The molecule has 4 aromatic carbocycles. The van der Waals surface area contributed by atoms with E-state index >= 15 is 0 Å². The first-order valence-corrected chi connectivity index (χ1v) is 11.1. The highest BCUT2D eigenvalue weighted by Crippen LogP contribution is 2.49. The number of nitrogens with one attached hydrogen (secondary N) is 1. The zero-order valence-corrected chi connectivity index (χ0v) is 19.2. The number of rotatable bonds is 2. The van der Waals surface area contributed by atoms with Gasteiger partial charge in [0.2, 0.25) is 0 Å². The first kappa shape index (κ1) is 20.6. The molecule has 0 saturated carbocycles. The molecule has 1 aliphatic heterocycles. The molecule has 0 bridgehead atoms. The summed E-state index contributed by atoms with van der Waals surface area (Å²) in [6, 6.07) is 17.9. The molecule has 0 aliphatic carbocycles. The van der Waals surface area contributed by atoms with Crippen molar-refractivity contribution < 1.29 is 10.2 Å². The van der Waals surface area contributed by atoms with Crippen LogP contribution in [0.4, 0.5) is 0 Å². The standard InChI is InChI=1S/C29H29NO2/c1-15-6-9-21(17(3)12-15)28-26-22(31)10-7-20-8-11-23(32)27(25(20)26)29(30-28)24-18(4)13-16(2)14-19(24)5/h6-14,28-32H,1-5H3. The summed E-state index contributed by atoms with van der Waals surface area (Å²) >= 11 is 0. The van der Waals surface area contributed by atoms with Crippen LogP contribution >= 0.6 is 0 Å². The normalized spacial score (nSPS) is 17.7. The Morgan fingerprint density at radius 1 is 0.594 bits per heavy atom. The fraction of sp³-hybridized carbons (Fsp3) is 0.241. The lowest BCUT2D eigenvalue weighted by Crippen LogP contribution is -2.33. The number of phenolic OH excluding ortho intramolecular Hbond substituents is 2. The van der Waals surface area contributed by atoms with Crippen LogP contribution < -0.4 is 5.32 Å². The Kier molecular flexibility index (Phi) is 4.75. The summed E-state index contributed by atoms with van der Waals surface area (Å²) in [5.41, 5.74) is 10.00. The summed E-state index contributed by atoms with van der Waals surface area (Å²) < 4.78 is 0. The SMILES string of the molecule is Cc1ccc(C2NC(c3c(C)cc(C)cc3C)c3c(O)ccc4ccc(O)c2c34)c(C)c1. The van der Waals surface area contributed by atoms with E-state index in [1.807, 2.05) is 12.1 Å². The Morgan fingerprint density at radius 2 is 1.16 bits per heavy atom. The maximum absolute atomic E-state index is 11.1. The third kappa shape index (κ3) is 3.08. The van der Waals surface area contributed by atoms with Crippen molar-refractivity contribution in [2.45, 2.75) is 46.7 Å². The van der Waals surface area contributed by atoms with Crippen molar-refractivity contribution in [3.63, 3.8) is 0 Å². The summed E-state index contributed by atoms with van der Waals surface area (Å²) in [4.78, 5) is 0. The molecular formula is C29H29NO2. The van der Waals surface area contributed by atoms with Crippen molar-refractivity contribution in [2.75, 3.05) is 0 Å². The van der Waals surface area contributed by atoms with Crippen LogP contribution in [0.1, 0.15) is 62.2 Å². The number of benzene rings is 4. The maximum Gasteiger partial charge on any atom is 0.121 e. The summed E-state index contributed by atoms with van der Waals surface area (Å²) in [7, 11) is 0. The molecule has 3 nitrogen and oxygen atoms in total. The van der Waals surface area contributed by atoms with Crippen LogP contribution in [0.2, 0.25) is 0 Å². The van der Waals surface area contributed by atoms with Gasteiger partial charge < -0.3 is 10.2 Å². The predicted molar refractivity (Wildman–Crippen MR) is 131 cm³/mol. The number of aromatic hydroxyl groups is 2. The van der Waals surface area contributed by atoms with E-state index in [-0.39, 0.29) is 23.6 Å². The quantitative estimate of drug-likeness (QED) is 0.341. The minimum atomic E-state index is -0.196. The number of hydrogen-bond donors (Lipinski definition) is 3. The first-order valence-electron chi connectivity index (χ1n) is 11.1. The Hall–Kier alpha value is -3.30. The fourth-order valence-electron chi connectivity index (χ4n) is 5.64. The van der Waals surface area contributed by atoms with Gasteiger partial charge in [-0.1, -0.05) is 53.6 Å². The molecule has 0 aromatic heterocycles. The van der Waals surface area contributed by atoms with Crippen LogP contribution in [0.3, 0.4) is 0 Å². The highest BCUT2D eigenvalue weighted by Gasteiger charge is 2.35. The molecule has 0 fully saturated rings. The zero-order valence-electron chi connectivity index (χ0n) is 19.2. The van der Waals surface area contributed by atoms with Gasteiger partial charge in [-0.05, 0) is 85.3 Å². The van der Waals surface area contributed by atoms with E-state index in [0.717, 1.165) is 27.5 Å². The molecule has 1 aliphatic rings. The Morgan fingerprint density at radius 3 is 1.75 bits per heavy atom. The van der Waals surface area contributed by atoms with E-state index in [9.17, 15) is 10.2 Å². The van der Waals surface area contributed by atoms with Crippen LogP contribution in [0, 0.1) is 34.6 Å². The summed E-state index contributed by atoms with van der Waals surface area (Å²) in [5.74, 6) is 0.498. The van der Waals surface area contributed by atoms with Crippen LogP contribution in [0.5, 0.6) is 11.5 Å². The van der Waals surface area contributed by atoms with E-state index in [4.69, 9.17) is 0 Å². The third-order valence-corrected chi connectivity index (χ3v) is 6.89. The second-order valence-corrected chi connectivity index (χ2v) is 9.30. The van der Waals surface area contributed by atoms with Gasteiger partial charge >= 0.3 is 0 Å². The molecule has 0 saturated heterocycles. The largest absolute Gasteiger partial charge is 0.508 e. The lowest BCUT2D eigenvalue weighted by Gasteiger charge is -2.37. The lowest BCUT2D eigenvalue weighted by atomic mass is 9.79. The zero-order chi connectivity index (χ0) is 22.7. The van der Waals surface area contributed by atoms with Gasteiger partial charge in [-0.3, -0.25) is 5.32 Å². The van der Waals surface area contributed by atoms with Crippen molar-refractivity contribution in [2.24, 2.45) is 0 Å². The molecule has 3 heteroatoms. The van der Waals surface area contributed by atoms with E-state index in [2.05, 4.69) is 70.3 Å². The van der Waals surface area contributed by atoms with Crippen LogP contribution in [0.25, 0.3) is 10.8 Å². The fourth-order valence-corrected chi connectivity index (χ4v) is 5.64. The number of aryl methyl sites for hydroxylation is 5. The molecule has 3 N–H and O–H groups in total. The van der Waals surface area contributed by atoms with Crippen molar-refractivity contribution in [3.05, 3.63) is 105 Å². The third-order valence-electron chi connectivity index (χ3n) is 6.89. The Balaban J connectivity index is 1.88. The van der Waals surface area contributed by atoms with Crippen LogP contribution in [0.15, 0.2) is 54.6 Å². The van der Waals surface area contributed by atoms with Gasteiger partial charge in [0.15, 0.2) is 0 Å². The van der Waals surface area contributed by atoms with Crippen molar-refractivity contribution in [1.82, 2.24) is 5.32 Å². The van der Waals surface area contributed by atoms with Gasteiger partial charge in [-0.25, -0.2) is 0 Å². The van der Waals surface area contributed by atoms with Crippen molar-refractivity contribution in [1.29, 1.82) is 0 Å². The second-order valence-electron chi connectivity index (χ2n) is 9.30. The lowest BCUT2D eigenvalue weighted by molar-refractivity contribution is 0.431. The van der Waals surface area contributed by atoms with Crippen molar-refractivity contribution in [3.8, 4) is 11.5 Å². The number of hydrogen-bond acceptors (Lipinski definition) is 3. The van der Waals surface area contributed by atoms with Crippen LogP contribution in [-0.4, -0.2) is 10.2 Å². The monoisotopic (exact) mass is 423 g/mol. The average Bonchev–Trinajstić information content (AvgIpc) is 2.71. The van der Waals surface area contributed by atoms with E-state index < -0.39 is 0 Å². The van der Waals surface area contributed by atoms with Gasteiger partial charge in [-0.15, -0.1) is 0 Å². The topological polar surface area (TPSA) is 52.5 Å². The average molecular weight is 424 g/mol. The smallest absolute Gasteiger partial charge is 0.121 e. The molecule has 4 aromatic rings. The minimum absolute atomic E-state index is 0.195. The molecule has 0 amide bonds. The summed E-state index contributed by atoms with van der Waals surface area (Å²) in [5, 5.41) is 27.9. The Bertz CT molecular complexity index is 1360. The van der Waals surface area contributed by atoms with Crippen molar-refractivity contribution >= 4 is 10.8 Å². The van der Waals surface area contributed by atoms with E-state index in [1.54, 1.807) is 12.1 Å². The predicted octanol–water partition coefficient (Wildman–Crippen LogP) is 6.58. The molecule has 32 heavy (non-hydrogen) atoms. The number of phenols is 2. The molecule has 2 unspecified atom stereocenters. The maximum atomic E-state index is 11.1. The molecule has 0 radical (unpaired) electrons. The molecule has 0 spiro atoms. The Labute approximate surface area is 189 Å². The molecule has 2 atom stereocenters. The van der Waals surface area contributed by atoms with Gasteiger partial charge in [0, 0.05) is 11.1 Å². The van der Waals surface area contributed by atoms with E-state index in [1.165, 1.54) is 33.4 Å². The van der Waals surface area contributed by atoms with Crippen LogP contribution in [-0.2, 0) is 0 Å². The molecule has 1 heterocycles. The summed E-state index contributed by atoms with van der Waals surface area (Å²) in [6.07, 6.45) is 0.